The molecule has 2 unspecified atom stereocenters. The van der Waals surface area contributed by atoms with Crippen molar-refractivity contribution in [1.29, 1.82) is 0 Å². The molecule has 4 rings (SSSR count). The lowest BCUT2D eigenvalue weighted by molar-refractivity contribution is 0.350. The average molecular weight is 468 g/mol. The van der Waals surface area contributed by atoms with Crippen LogP contribution in [-0.4, -0.2) is 30.4 Å². The molecule has 2 aromatic heterocycles. The molecule has 0 N–H and O–H groups in total. The van der Waals surface area contributed by atoms with Gasteiger partial charge >= 0.3 is 0 Å². The van der Waals surface area contributed by atoms with Gasteiger partial charge in [-0.15, -0.1) is 0 Å². The van der Waals surface area contributed by atoms with Crippen LogP contribution in [0.4, 0.5) is 8.78 Å². The van der Waals surface area contributed by atoms with E-state index in [-0.39, 0.29) is 5.92 Å². The molecule has 8 heteroatoms. The second-order valence-electron chi connectivity index (χ2n) is 8.00. The zero-order valence-electron chi connectivity index (χ0n) is 20.5. The maximum Gasteiger partial charge on any atom is 0.157 e. The highest BCUT2D eigenvalue weighted by Gasteiger charge is 2.16. The van der Waals surface area contributed by atoms with Gasteiger partial charge in [-0.3, -0.25) is 0 Å². The Morgan fingerprint density at radius 1 is 1.12 bits per heavy atom. The van der Waals surface area contributed by atoms with Crippen LogP contribution < -0.4 is 0 Å². The van der Waals surface area contributed by atoms with Crippen molar-refractivity contribution in [2.75, 3.05) is 0 Å². The highest BCUT2D eigenvalue weighted by Crippen LogP contribution is 2.25. The Balaban J connectivity index is 0.00000158. The minimum atomic E-state index is -1.61. The molecule has 34 heavy (non-hydrogen) atoms. The van der Waals surface area contributed by atoms with Crippen molar-refractivity contribution < 1.29 is 13.3 Å². The summed E-state index contributed by atoms with van der Waals surface area (Å²) in [6, 6.07) is 5.90. The van der Waals surface area contributed by atoms with Crippen LogP contribution >= 0.6 is 0 Å². The minimum Gasteiger partial charge on any atom is -0.359 e. The number of rotatable bonds is 7. The van der Waals surface area contributed by atoms with Crippen molar-refractivity contribution in [3.05, 3.63) is 78.0 Å². The molecule has 0 amide bonds. The molecule has 2 aliphatic heterocycles. The lowest BCUT2D eigenvalue weighted by Crippen LogP contribution is -1.99. The fraction of sp³-hybridized carbons (Fsp3) is 0.346. The number of halogens is 2. The molecular formula is C26H31F2N5O. The molecule has 2 aromatic rings. The number of alkyl halides is 1. The maximum absolute atomic E-state index is 13.3. The van der Waals surface area contributed by atoms with Crippen molar-refractivity contribution in [1.82, 2.24) is 24.3 Å². The summed E-state index contributed by atoms with van der Waals surface area (Å²) < 4.78 is 35.7. The molecule has 180 valence electrons. The van der Waals surface area contributed by atoms with Gasteiger partial charge in [-0.05, 0) is 37.6 Å². The first-order valence-electron chi connectivity index (χ1n) is 11.4. The predicted octanol–water partition coefficient (Wildman–Crippen LogP) is 6.63. The fourth-order valence-corrected chi connectivity index (χ4v) is 3.48. The van der Waals surface area contributed by atoms with Gasteiger partial charge in [0.1, 0.15) is 29.2 Å². The second kappa shape index (κ2) is 11.0. The van der Waals surface area contributed by atoms with Gasteiger partial charge in [0.05, 0.1) is 17.9 Å². The Morgan fingerprint density at radius 3 is 2.53 bits per heavy atom. The van der Waals surface area contributed by atoms with E-state index in [1.54, 1.807) is 6.08 Å². The zero-order chi connectivity index (χ0) is 24.8. The van der Waals surface area contributed by atoms with E-state index in [4.69, 9.17) is 4.52 Å². The minimum absolute atomic E-state index is 0.139. The van der Waals surface area contributed by atoms with Crippen LogP contribution in [0.1, 0.15) is 50.8 Å². The molecule has 4 heterocycles. The lowest BCUT2D eigenvalue weighted by atomic mass is 10.1. The Morgan fingerprint density at radius 2 is 1.85 bits per heavy atom. The number of imidazole rings is 1. The Bertz CT molecular complexity index is 1250. The molecule has 0 saturated heterocycles. The summed E-state index contributed by atoms with van der Waals surface area (Å²) in [5.74, 6) is 0.411. The van der Waals surface area contributed by atoms with E-state index in [0.717, 1.165) is 41.5 Å². The summed E-state index contributed by atoms with van der Waals surface area (Å²) in [7, 11) is 1.98. The Labute approximate surface area is 199 Å². The van der Waals surface area contributed by atoms with E-state index in [2.05, 4.69) is 21.2 Å². The molecule has 0 fully saturated rings. The smallest absolute Gasteiger partial charge is 0.157 e. The van der Waals surface area contributed by atoms with E-state index in [1.165, 1.54) is 11.6 Å². The summed E-state index contributed by atoms with van der Waals surface area (Å²) >= 11 is 0. The lowest BCUT2D eigenvalue weighted by Gasteiger charge is -2.04. The molecule has 0 aliphatic carbocycles. The molecule has 0 aromatic carbocycles. The zero-order valence-corrected chi connectivity index (χ0v) is 20.5. The van der Waals surface area contributed by atoms with Crippen molar-refractivity contribution in [3.63, 3.8) is 0 Å². The van der Waals surface area contributed by atoms with E-state index in [9.17, 15) is 8.78 Å². The van der Waals surface area contributed by atoms with E-state index >= 15 is 0 Å². The van der Waals surface area contributed by atoms with Crippen LogP contribution in [0.25, 0.3) is 22.8 Å². The number of allylic oxidation sites excluding steroid dienone is 4. The molecule has 2 atom stereocenters. The molecular weight excluding hydrogens is 436 g/mol. The third kappa shape index (κ3) is 5.87. The first-order valence-corrected chi connectivity index (χ1v) is 11.4. The average Bonchev–Trinajstić information content (AvgIpc) is 3.52. The monoisotopic (exact) mass is 467 g/mol. The number of aryl methyl sites for hydroxylation is 2. The Kier molecular flexibility index (Phi) is 8.15. The molecule has 0 saturated carbocycles. The second-order valence-corrected chi connectivity index (χ2v) is 8.00. The van der Waals surface area contributed by atoms with E-state index in [0.29, 0.717) is 12.4 Å². The van der Waals surface area contributed by atoms with Crippen LogP contribution in [-0.2, 0) is 13.6 Å². The van der Waals surface area contributed by atoms with Crippen molar-refractivity contribution in [2.45, 2.75) is 53.3 Å². The third-order valence-corrected chi connectivity index (χ3v) is 5.19. The van der Waals surface area contributed by atoms with Crippen LogP contribution in [0.5, 0.6) is 0 Å². The summed E-state index contributed by atoms with van der Waals surface area (Å²) in [6.07, 6.45) is 8.61. The number of pyridine rings is 1. The molecule has 0 bridgehead atoms. The quantitative estimate of drug-likeness (QED) is 0.286. The standard InChI is InChI=1S/C24H25F2N5O.C2H6/c1-15-10-23(30(4)12-15)21-11-18(32-29-21)13-31-9-8-20-22(14-31)28-24(27-20)16(2)6-5-7-19(26)17(3)25;1-2/h5-12,14,16-17H,13H2,1-4H3;1-2H3/b6-5-,19-7+;. The summed E-state index contributed by atoms with van der Waals surface area (Å²) in [4.78, 5) is 9.14. The molecule has 2 aliphatic rings. The number of nitrogens with zero attached hydrogens (tertiary/aromatic N) is 5. The number of aromatic nitrogens is 5. The number of hydrogen-bond acceptors (Lipinski definition) is 4. The molecule has 0 spiro atoms. The Hall–Kier alpha value is -3.55. The molecule has 6 nitrogen and oxygen atoms in total. The van der Waals surface area contributed by atoms with Gasteiger partial charge in [-0.2, -0.15) is 0 Å². The third-order valence-electron chi connectivity index (χ3n) is 5.19. The van der Waals surface area contributed by atoms with Crippen LogP contribution in [0.15, 0.2) is 65.4 Å². The summed E-state index contributed by atoms with van der Waals surface area (Å²) in [6.45, 7) is 9.62. The highest BCUT2D eigenvalue weighted by molar-refractivity contribution is 5.57. The van der Waals surface area contributed by atoms with Crippen LogP contribution in [0.2, 0.25) is 0 Å². The first kappa shape index (κ1) is 25.1. The molecule has 0 radical (unpaired) electrons. The number of hydrogen-bond donors (Lipinski definition) is 0. The first-order chi connectivity index (χ1) is 16.3. The van der Waals surface area contributed by atoms with Gasteiger partial charge in [0, 0.05) is 37.6 Å². The van der Waals surface area contributed by atoms with Gasteiger partial charge in [-0.25, -0.2) is 18.7 Å². The van der Waals surface area contributed by atoms with E-state index in [1.807, 2.05) is 74.6 Å². The van der Waals surface area contributed by atoms with Crippen LogP contribution in [0.3, 0.4) is 0 Å². The highest BCUT2D eigenvalue weighted by atomic mass is 19.2. The van der Waals surface area contributed by atoms with Gasteiger partial charge in [0.2, 0.25) is 0 Å². The van der Waals surface area contributed by atoms with Crippen molar-refractivity contribution in [2.24, 2.45) is 7.05 Å². The van der Waals surface area contributed by atoms with Crippen molar-refractivity contribution >= 4 is 0 Å². The number of fused-ring (bicyclic) bond motifs is 1. The van der Waals surface area contributed by atoms with E-state index < -0.39 is 12.0 Å². The fourth-order valence-electron chi connectivity index (χ4n) is 3.48. The maximum atomic E-state index is 13.3. The van der Waals surface area contributed by atoms with Gasteiger partial charge in [-0.1, -0.05) is 38.1 Å². The van der Waals surface area contributed by atoms with Crippen molar-refractivity contribution in [3.8, 4) is 22.8 Å². The topological polar surface area (TPSA) is 61.7 Å². The normalized spacial score (nSPS) is 13.8. The van der Waals surface area contributed by atoms with Gasteiger partial charge < -0.3 is 13.7 Å². The van der Waals surface area contributed by atoms with Gasteiger partial charge in [0.25, 0.3) is 0 Å². The SMILES string of the molecule is CC.Cc1cc(-c2cc(Cn3ccc4nc(C(C)/C=C\C=C(\F)C(C)F)nc-4c3)on2)n(C)c1. The van der Waals surface area contributed by atoms with Gasteiger partial charge in [0.15, 0.2) is 5.76 Å². The summed E-state index contributed by atoms with van der Waals surface area (Å²) in [5, 5.41) is 4.20. The summed E-state index contributed by atoms with van der Waals surface area (Å²) in [5.41, 5.74) is 4.48. The predicted molar refractivity (Wildman–Crippen MR) is 130 cm³/mol. The van der Waals surface area contributed by atoms with Crippen LogP contribution in [0, 0.1) is 6.92 Å². The largest absolute Gasteiger partial charge is 0.359 e.